The number of aromatic nitrogens is 2. The second kappa shape index (κ2) is 7.57. The summed E-state index contributed by atoms with van der Waals surface area (Å²) in [6, 6.07) is 9.35. The molecule has 0 radical (unpaired) electrons. The number of amides is 1. The summed E-state index contributed by atoms with van der Waals surface area (Å²) in [4.78, 5) is 21.3. The molecule has 0 atom stereocenters. The number of hydrogen-bond donors (Lipinski definition) is 1. The Morgan fingerprint density at radius 1 is 1.07 bits per heavy atom. The van der Waals surface area contributed by atoms with Crippen LogP contribution in [0.3, 0.4) is 0 Å². The van der Waals surface area contributed by atoms with Gasteiger partial charge < -0.3 is 5.32 Å². The zero-order valence-corrected chi connectivity index (χ0v) is 16.2. The van der Waals surface area contributed by atoms with E-state index in [-0.39, 0.29) is 4.88 Å². The Balaban J connectivity index is 1.63. The lowest BCUT2D eigenvalue weighted by Crippen LogP contribution is -2.12. The first-order valence-corrected chi connectivity index (χ1v) is 9.94. The van der Waals surface area contributed by atoms with Crippen molar-refractivity contribution in [3.63, 3.8) is 0 Å². The SMILES string of the molecule is Cc1ccc(-c2nccs2)cc1-c1ncc(C(=O)Nc2c(F)cccc2F)s1. The average molecular weight is 413 g/mol. The third kappa shape index (κ3) is 3.56. The summed E-state index contributed by atoms with van der Waals surface area (Å²) in [5, 5.41) is 5.73. The molecule has 0 aliphatic carbocycles. The van der Waals surface area contributed by atoms with Crippen LogP contribution >= 0.6 is 22.7 Å². The van der Waals surface area contributed by atoms with Crippen molar-refractivity contribution in [1.29, 1.82) is 0 Å². The third-order valence-electron chi connectivity index (χ3n) is 4.08. The molecule has 1 amide bonds. The monoisotopic (exact) mass is 413 g/mol. The standard InChI is InChI=1S/C20H13F2N3OS2/c1-11-5-6-12(19-23-7-8-27-19)9-13(11)20-24-10-16(28-20)18(26)25-17-14(21)3-2-4-15(17)22/h2-10H,1H3,(H,25,26). The maximum absolute atomic E-state index is 13.8. The first-order chi connectivity index (χ1) is 13.5. The van der Waals surface area contributed by atoms with Gasteiger partial charge >= 0.3 is 0 Å². The fraction of sp³-hybridized carbons (Fsp3) is 0.0500. The van der Waals surface area contributed by atoms with Gasteiger partial charge in [-0.1, -0.05) is 18.2 Å². The predicted octanol–water partition coefficient (Wildman–Crippen LogP) is 5.77. The van der Waals surface area contributed by atoms with Crippen LogP contribution in [0, 0.1) is 18.6 Å². The third-order valence-corrected chi connectivity index (χ3v) is 5.93. The summed E-state index contributed by atoms with van der Waals surface area (Å²) < 4.78 is 27.5. The molecule has 0 spiro atoms. The highest BCUT2D eigenvalue weighted by Gasteiger charge is 2.17. The molecule has 1 N–H and O–H groups in total. The van der Waals surface area contributed by atoms with Crippen LogP contribution in [-0.4, -0.2) is 15.9 Å². The van der Waals surface area contributed by atoms with Crippen molar-refractivity contribution >= 4 is 34.3 Å². The van der Waals surface area contributed by atoms with Gasteiger partial charge in [0.2, 0.25) is 0 Å². The molecule has 2 heterocycles. The minimum atomic E-state index is -0.829. The molecule has 0 aliphatic heterocycles. The van der Waals surface area contributed by atoms with Gasteiger partial charge in [-0.3, -0.25) is 4.79 Å². The number of nitrogens with one attached hydrogen (secondary N) is 1. The Morgan fingerprint density at radius 2 is 1.86 bits per heavy atom. The van der Waals surface area contributed by atoms with Crippen LogP contribution in [0.15, 0.2) is 54.2 Å². The summed E-state index contributed by atoms with van der Waals surface area (Å²) >= 11 is 2.70. The summed E-state index contributed by atoms with van der Waals surface area (Å²) in [5.74, 6) is -2.27. The molecule has 140 valence electrons. The molecule has 8 heteroatoms. The predicted molar refractivity (Wildman–Crippen MR) is 108 cm³/mol. The topological polar surface area (TPSA) is 54.9 Å². The lowest BCUT2D eigenvalue weighted by Gasteiger charge is -2.06. The molecule has 4 rings (SSSR count). The minimum absolute atomic E-state index is 0.261. The summed E-state index contributed by atoms with van der Waals surface area (Å²) in [7, 11) is 0. The number of carbonyl (C=O) groups is 1. The van der Waals surface area contributed by atoms with Crippen LogP contribution in [0.5, 0.6) is 0 Å². The lowest BCUT2D eigenvalue weighted by atomic mass is 10.1. The normalized spacial score (nSPS) is 10.8. The van der Waals surface area contributed by atoms with Gasteiger partial charge in [-0.25, -0.2) is 18.7 Å². The summed E-state index contributed by atoms with van der Waals surface area (Å²) in [6.07, 6.45) is 3.15. The summed E-state index contributed by atoms with van der Waals surface area (Å²) in [5.41, 5.74) is 2.38. The van der Waals surface area contributed by atoms with Crippen LogP contribution < -0.4 is 5.32 Å². The van der Waals surface area contributed by atoms with Gasteiger partial charge in [0.1, 0.15) is 32.2 Å². The van der Waals surface area contributed by atoms with Crippen molar-refractivity contribution in [2.45, 2.75) is 6.92 Å². The smallest absolute Gasteiger partial charge is 0.267 e. The van der Waals surface area contributed by atoms with E-state index in [1.165, 1.54) is 23.6 Å². The van der Waals surface area contributed by atoms with Crippen LogP contribution in [0.1, 0.15) is 15.2 Å². The van der Waals surface area contributed by atoms with Crippen molar-refractivity contribution in [3.8, 4) is 21.1 Å². The quantitative estimate of drug-likeness (QED) is 0.462. The number of anilines is 1. The van der Waals surface area contributed by atoms with Gasteiger partial charge in [-0.2, -0.15) is 0 Å². The van der Waals surface area contributed by atoms with Gasteiger partial charge in [0, 0.05) is 22.7 Å². The molecule has 0 unspecified atom stereocenters. The van der Waals surface area contributed by atoms with Gasteiger partial charge in [0.15, 0.2) is 0 Å². The molecule has 28 heavy (non-hydrogen) atoms. The van der Waals surface area contributed by atoms with Crippen molar-refractivity contribution in [2.24, 2.45) is 0 Å². The Labute approximate surface area is 167 Å². The minimum Gasteiger partial charge on any atom is -0.316 e. The fourth-order valence-electron chi connectivity index (χ4n) is 2.65. The van der Waals surface area contributed by atoms with E-state index >= 15 is 0 Å². The van der Waals surface area contributed by atoms with Crippen molar-refractivity contribution in [2.75, 3.05) is 5.32 Å². The number of rotatable bonds is 4. The van der Waals surface area contributed by atoms with Crippen molar-refractivity contribution < 1.29 is 13.6 Å². The second-order valence-electron chi connectivity index (χ2n) is 5.95. The lowest BCUT2D eigenvalue weighted by molar-refractivity contribution is 0.102. The van der Waals surface area contributed by atoms with Crippen LogP contribution in [0.4, 0.5) is 14.5 Å². The molecule has 2 aromatic heterocycles. The number of thiazole rings is 2. The van der Waals surface area contributed by atoms with E-state index in [0.717, 1.165) is 45.2 Å². The van der Waals surface area contributed by atoms with Gasteiger partial charge in [-0.15, -0.1) is 22.7 Å². The second-order valence-corrected chi connectivity index (χ2v) is 7.87. The fourth-order valence-corrected chi connectivity index (χ4v) is 4.18. The first-order valence-electron chi connectivity index (χ1n) is 8.25. The zero-order chi connectivity index (χ0) is 19.7. The number of halogens is 2. The maximum atomic E-state index is 13.8. The molecule has 0 fully saturated rings. The molecule has 0 saturated carbocycles. The van der Waals surface area contributed by atoms with Crippen molar-refractivity contribution in [1.82, 2.24) is 9.97 Å². The zero-order valence-electron chi connectivity index (χ0n) is 14.6. The first kappa shape index (κ1) is 18.4. The van der Waals surface area contributed by atoms with Gasteiger partial charge in [0.25, 0.3) is 5.91 Å². The Hall–Kier alpha value is -2.97. The Kier molecular flexibility index (Phi) is 4.97. The van der Waals surface area contributed by atoms with E-state index in [0.29, 0.717) is 5.01 Å². The maximum Gasteiger partial charge on any atom is 0.267 e. The van der Waals surface area contributed by atoms with E-state index < -0.39 is 23.2 Å². The van der Waals surface area contributed by atoms with Crippen LogP contribution in [0.25, 0.3) is 21.1 Å². The van der Waals surface area contributed by atoms with Crippen LogP contribution in [0.2, 0.25) is 0 Å². The number of hydrogen-bond acceptors (Lipinski definition) is 5. The molecule has 4 nitrogen and oxygen atoms in total. The molecule has 2 aromatic carbocycles. The molecule has 4 aromatic rings. The van der Waals surface area contributed by atoms with Gasteiger partial charge in [0.05, 0.1) is 6.20 Å². The van der Waals surface area contributed by atoms with E-state index in [1.54, 1.807) is 6.20 Å². The molecular weight excluding hydrogens is 400 g/mol. The van der Waals surface area contributed by atoms with E-state index in [1.807, 2.05) is 30.5 Å². The molecule has 0 aliphatic rings. The highest BCUT2D eigenvalue weighted by molar-refractivity contribution is 7.17. The van der Waals surface area contributed by atoms with Crippen molar-refractivity contribution in [3.05, 3.63) is 76.2 Å². The Bertz CT molecular complexity index is 1140. The number of carbonyl (C=O) groups excluding carboxylic acids is 1. The van der Waals surface area contributed by atoms with E-state index in [4.69, 9.17) is 0 Å². The number of nitrogens with zero attached hydrogens (tertiary/aromatic N) is 2. The largest absolute Gasteiger partial charge is 0.316 e. The number of aryl methyl sites for hydroxylation is 1. The number of para-hydroxylation sites is 1. The Morgan fingerprint density at radius 3 is 2.57 bits per heavy atom. The van der Waals surface area contributed by atoms with E-state index in [9.17, 15) is 13.6 Å². The van der Waals surface area contributed by atoms with Gasteiger partial charge in [-0.05, 0) is 30.7 Å². The number of benzene rings is 2. The summed E-state index contributed by atoms with van der Waals surface area (Å²) in [6.45, 7) is 1.96. The average Bonchev–Trinajstić information content (AvgIpc) is 3.37. The van der Waals surface area contributed by atoms with E-state index in [2.05, 4.69) is 15.3 Å². The highest BCUT2D eigenvalue weighted by Crippen LogP contribution is 2.33. The molecule has 0 saturated heterocycles. The highest BCUT2D eigenvalue weighted by atomic mass is 32.1. The molecule has 0 bridgehead atoms. The van der Waals surface area contributed by atoms with Crippen LogP contribution in [-0.2, 0) is 0 Å². The molecular formula is C20H13F2N3OS2.